The van der Waals surface area contributed by atoms with E-state index in [1.54, 1.807) is 0 Å². The van der Waals surface area contributed by atoms with Gasteiger partial charge >= 0.3 is 6.18 Å². The molecule has 9 nitrogen and oxygen atoms in total. The summed E-state index contributed by atoms with van der Waals surface area (Å²) >= 11 is 0.495. The van der Waals surface area contributed by atoms with E-state index in [0.717, 1.165) is 44.8 Å². The number of nitrogens with one attached hydrogen (secondary N) is 2. The Morgan fingerprint density at radius 2 is 1.71 bits per heavy atom. The molecular weight excluding hydrogens is 431 g/mol. The summed E-state index contributed by atoms with van der Waals surface area (Å²) in [6.07, 6.45) is -0.945. The second-order valence-electron chi connectivity index (χ2n) is 7.93. The van der Waals surface area contributed by atoms with Gasteiger partial charge in [-0.15, -0.1) is 0 Å². The number of hydrazine groups is 1. The largest absolute Gasteiger partial charge is 0.417 e. The van der Waals surface area contributed by atoms with Crippen LogP contribution in [-0.4, -0.2) is 42.9 Å². The quantitative estimate of drug-likeness (QED) is 0.130. The van der Waals surface area contributed by atoms with E-state index in [-0.39, 0.29) is 27.7 Å². The monoisotopic (exact) mass is 459 g/mol. The predicted molar refractivity (Wildman–Crippen MR) is 116 cm³/mol. The minimum atomic E-state index is -4.58. The third kappa shape index (κ3) is 4.62. The Kier molecular flexibility index (Phi) is 6.76. The van der Waals surface area contributed by atoms with E-state index in [9.17, 15) is 13.2 Å². The molecule has 2 saturated heterocycles. The van der Waals surface area contributed by atoms with Crippen molar-refractivity contribution >= 4 is 29.4 Å². The number of guanidine groups is 1. The smallest absolute Gasteiger partial charge is 0.371 e. The van der Waals surface area contributed by atoms with Crippen molar-refractivity contribution < 1.29 is 13.2 Å². The van der Waals surface area contributed by atoms with Crippen LogP contribution in [0, 0.1) is 10.8 Å². The highest BCUT2D eigenvalue weighted by molar-refractivity contribution is 7.97. The van der Waals surface area contributed by atoms with Crippen LogP contribution < -0.4 is 32.9 Å². The van der Waals surface area contributed by atoms with Crippen LogP contribution in [0.2, 0.25) is 0 Å². The Morgan fingerprint density at radius 1 is 1.13 bits per heavy atom. The van der Waals surface area contributed by atoms with Gasteiger partial charge in [-0.2, -0.15) is 18.3 Å². The van der Waals surface area contributed by atoms with Gasteiger partial charge in [-0.25, -0.2) is 5.84 Å². The highest BCUT2D eigenvalue weighted by atomic mass is 32.2. The second-order valence-corrected chi connectivity index (χ2v) is 8.58. The number of hydrogen-bond donors (Lipinski definition) is 6. The van der Waals surface area contributed by atoms with Crippen molar-refractivity contribution in [3.8, 4) is 0 Å². The van der Waals surface area contributed by atoms with Gasteiger partial charge in [0.15, 0.2) is 11.8 Å². The molecule has 1 aromatic rings. The number of likely N-dealkylation sites (tertiary alicyclic amines) is 1. The van der Waals surface area contributed by atoms with Crippen molar-refractivity contribution in [2.45, 2.75) is 36.8 Å². The molecule has 0 saturated carbocycles. The number of anilines is 1. The molecular formula is C18H28F3N9S. The van der Waals surface area contributed by atoms with E-state index in [0.29, 0.717) is 30.7 Å². The Labute approximate surface area is 183 Å². The molecule has 0 bridgehead atoms. The molecule has 0 aromatic heterocycles. The lowest BCUT2D eigenvalue weighted by Gasteiger charge is -2.47. The maximum absolute atomic E-state index is 13.6. The molecule has 1 spiro atoms. The molecule has 0 atom stereocenters. The van der Waals surface area contributed by atoms with Crippen LogP contribution in [0.5, 0.6) is 0 Å². The summed E-state index contributed by atoms with van der Waals surface area (Å²) in [5.74, 6) is 10.9. The first-order valence-corrected chi connectivity index (χ1v) is 10.7. The third-order valence-electron chi connectivity index (χ3n) is 6.39. The van der Waals surface area contributed by atoms with Gasteiger partial charge in [0.05, 0.1) is 11.1 Å². The zero-order chi connectivity index (χ0) is 22.8. The summed E-state index contributed by atoms with van der Waals surface area (Å²) in [5.41, 5.74) is 7.88. The second kappa shape index (κ2) is 9.01. The van der Waals surface area contributed by atoms with Crippen molar-refractivity contribution in [2.24, 2.45) is 33.1 Å². The van der Waals surface area contributed by atoms with E-state index < -0.39 is 11.7 Å². The van der Waals surface area contributed by atoms with Crippen molar-refractivity contribution in [1.29, 1.82) is 5.41 Å². The number of hydrogen-bond acceptors (Lipinski definition) is 7. The number of amidine groups is 1. The first-order valence-electron chi connectivity index (χ1n) is 9.85. The fraction of sp³-hybridized carbons (Fsp3) is 0.556. The Hall–Kier alpha value is -2.38. The van der Waals surface area contributed by atoms with E-state index in [2.05, 4.69) is 10.5 Å². The molecule has 13 heteroatoms. The number of halogens is 3. The first kappa shape index (κ1) is 23.3. The minimum absolute atomic E-state index is 0.0656. The van der Waals surface area contributed by atoms with E-state index >= 15 is 0 Å². The maximum Gasteiger partial charge on any atom is 0.417 e. The average molecular weight is 460 g/mol. The van der Waals surface area contributed by atoms with E-state index in [1.165, 1.54) is 6.07 Å². The highest BCUT2D eigenvalue weighted by Gasteiger charge is 2.40. The molecule has 0 unspecified atom stereocenters. The van der Waals surface area contributed by atoms with Crippen molar-refractivity contribution in [2.75, 3.05) is 31.1 Å². The lowest BCUT2D eigenvalue weighted by Crippen LogP contribution is -2.50. The van der Waals surface area contributed by atoms with Gasteiger partial charge < -0.3 is 26.8 Å². The molecule has 172 valence electrons. The topological polar surface area (TPSA) is 159 Å². The summed E-state index contributed by atoms with van der Waals surface area (Å²) in [6.45, 7) is 2.82. The van der Waals surface area contributed by atoms with Crippen molar-refractivity contribution in [1.82, 2.24) is 10.3 Å². The van der Waals surface area contributed by atoms with Crippen LogP contribution in [0.1, 0.15) is 36.8 Å². The summed E-state index contributed by atoms with van der Waals surface area (Å²) in [6, 6.07) is 2.46. The fourth-order valence-corrected chi connectivity index (χ4v) is 5.16. The summed E-state index contributed by atoms with van der Waals surface area (Å²) in [5, 5.41) is 16.8. The zero-order valence-corrected chi connectivity index (χ0v) is 17.8. The maximum atomic E-state index is 13.6. The first-order chi connectivity index (χ1) is 14.7. The number of benzene rings is 1. The Balaban J connectivity index is 1.89. The molecule has 0 aliphatic carbocycles. The van der Waals surface area contributed by atoms with Crippen LogP contribution in [0.4, 0.5) is 18.9 Å². The normalized spacial score (nSPS) is 19.6. The summed E-state index contributed by atoms with van der Waals surface area (Å²) < 4.78 is 40.7. The van der Waals surface area contributed by atoms with Crippen LogP contribution in [0.15, 0.2) is 22.1 Å². The number of alkyl halides is 3. The number of hydrazone groups is 1. The molecule has 0 radical (unpaired) electrons. The zero-order valence-electron chi connectivity index (χ0n) is 17.0. The molecule has 2 fully saturated rings. The standard InChI is InChI=1S/C18H28F3N9S/c19-18(20,21)11-1-2-12(13(14(11)31-26)15(27-24)28-25)29-7-3-17(4-8-29)5-9-30(10-6-17)16(22)23/h1-2H,3-10,24-26H2,(H3,22,23)(H,27,28). The number of piperidine rings is 2. The number of nitrogens with zero attached hydrogens (tertiary/aromatic N) is 3. The van der Waals surface area contributed by atoms with Gasteiger partial charge in [0.1, 0.15) is 0 Å². The van der Waals surface area contributed by atoms with Gasteiger partial charge in [0.25, 0.3) is 0 Å². The number of rotatable bonds is 3. The molecule has 1 aromatic carbocycles. The van der Waals surface area contributed by atoms with E-state index in [4.69, 9.17) is 28.0 Å². The lowest BCUT2D eigenvalue weighted by molar-refractivity contribution is -0.139. The molecule has 0 amide bonds. The van der Waals surface area contributed by atoms with Crippen LogP contribution >= 0.6 is 11.9 Å². The van der Waals surface area contributed by atoms with Gasteiger partial charge in [0, 0.05) is 36.8 Å². The average Bonchev–Trinajstić information content (AvgIpc) is 2.74. The molecule has 2 aliphatic rings. The minimum Gasteiger partial charge on any atom is -0.371 e. The van der Waals surface area contributed by atoms with Crippen LogP contribution in [0.25, 0.3) is 0 Å². The van der Waals surface area contributed by atoms with Crippen LogP contribution in [0.3, 0.4) is 0 Å². The number of nitrogens with two attached hydrogens (primary N) is 4. The Bertz CT molecular complexity index is 840. The van der Waals surface area contributed by atoms with Gasteiger partial charge in [-0.1, -0.05) is 0 Å². The van der Waals surface area contributed by atoms with Gasteiger partial charge in [-0.05, 0) is 55.2 Å². The molecule has 2 aliphatic heterocycles. The van der Waals surface area contributed by atoms with Crippen molar-refractivity contribution in [3.63, 3.8) is 0 Å². The summed E-state index contributed by atoms with van der Waals surface area (Å²) in [7, 11) is 0. The summed E-state index contributed by atoms with van der Waals surface area (Å²) in [4.78, 5) is 3.72. The van der Waals surface area contributed by atoms with Crippen molar-refractivity contribution in [3.05, 3.63) is 23.3 Å². The van der Waals surface area contributed by atoms with Crippen LogP contribution in [-0.2, 0) is 6.18 Å². The van der Waals surface area contributed by atoms with Gasteiger partial charge in [0.2, 0.25) is 0 Å². The molecule has 2 heterocycles. The third-order valence-corrected chi connectivity index (χ3v) is 7.05. The predicted octanol–water partition coefficient (Wildman–Crippen LogP) is 1.33. The molecule has 3 rings (SSSR count). The Morgan fingerprint density at radius 3 is 2.16 bits per heavy atom. The SMILES string of the molecule is N=C(N)N1CCC2(CC1)CCN(c1ccc(C(F)(F)F)c(SN)c1/C(=N/N)NN)CC2. The molecule has 10 N–H and O–H groups in total. The fourth-order valence-electron chi connectivity index (χ4n) is 4.53. The molecule has 31 heavy (non-hydrogen) atoms. The van der Waals surface area contributed by atoms with Gasteiger partial charge in [-0.3, -0.25) is 10.5 Å². The lowest BCUT2D eigenvalue weighted by atomic mass is 9.71. The van der Waals surface area contributed by atoms with E-state index in [1.807, 2.05) is 9.80 Å². The highest BCUT2D eigenvalue weighted by Crippen LogP contribution is 2.45.